The predicted octanol–water partition coefficient (Wildman–Crippen LogP) is 4.28. The maximum absolute atomic E-state index is 13.4. The fourth-order valence-corrected chi connectivity index (χ4v) is 4.88. The summed E-state index contributed by atoms with van der Waals surface area (Å²) in [5.41, 5.74) is 3.69. The highest BCUT2D eigenvalue weighted by Crippen LogP contribution is 2.40. The third-order valence-corrected chi connectivity index (χ3v) is 6.60. The molecular formula is C26H32N6O4S. The van der Waals surface area contributed by atoms with E-state index in [2.05, 4.69) is 57.9 Å². The normalized spacial score (nSPS) is 16.6. The first-order chi connectivity index (χ1) is 17.7. The van der Waals surface area contributed by atoms with Crippen LogP contribution in [0.3, 0.4) is 0 Å². The summed E-state index contributed by atoms with van der Waals surface area (Å²) in [7, 11) is -3.67. The van der Waals surface area contributed by atoms with Gasteiger partial charge in [-0.2, -0.15) is 13.6 Å². The lowest BCUT2D eigenvalue weighted by molar-refractivity contribution is -0.131. The first kappa shape index (κ1) is 26.6. The maximum Gasteiger partial charge on any atom is 0.261 e. The standard InChI is InChI=1S/C25H28N6O.CH4O3S/c1-2-3-10-22-26-25(15-6-7-16-25)24(32)31(22)17-18-11-13-19(14-12-18)20-8-4-5-9-21(20)23-27-29-30-28-23;1-5(2,3)4/h4-5,8-9,11-14H,2-3,6-7,10,15-17H2,1H3,(H,27,28,29,30);1H3,(H,2,3,4). The van der Waals surface area contributed by atoms with E-state index >= 15 is 0 Å². The van der Waals surface area contributed by atoms with Crippen LogP contribution in [-0.2, 0) is 21.5 Å². The van der Waals surface area contributed by atoms with Gasteiger partial charge in [0.1, 0.15) is 11.4 Å². The van der Waals surface area contributed by atoms with Gasteiger partial charge in [0.05, 0.1) is 12.8 Å². The molecule has 0 saturated heterocycles. The van der Waals surface area contributed by atoms with Gasteiger partial charge >= 0.3 is 0 Å². The van der Waals surface area contributed by atoms with E-state index in [1.807, 2.05) is 23.1 Å². The number of unbranched alkanes of at least 4 members (excludes halogenated alkanes) is 1. The predicted molar refractivity (Wildman–Crippen MR) is 141 cm³/mol. The Morgan fingerprint density at radius 3 is 2.30 bits per heavy atom. The molecule has 196 valence electrons. The first-order valence-corrected chi connectivity index (χ1v) is 14.3. The van der Waals surface area contributed by atoms with Crippen LogP contribution in [-0.4, -0.2) is 62.0 Å². The van der Waals surface area contributed by atoms with Crippen molar-refractivity contribution in [2.45, 2.75) is 64.0 Å². The van der Waals surface area contributed by atoms with Gasteiger partial charge in [0.25, 0.3) is 16.0 Å². The van der Waals surface area contributed by atoms with Crippen LogP contribution in [0, 0.1) is 0 Å². The van der Waals surface area contributed by atoms with Crippen molar-refractivity contribution in [2.24, 2.45) is 4.99 Å². The zero-order valence-corrected chi connectivity index (χ0v) is 21.9. The molecule has 3 aromatic rings. The molecule has 10 nitrogen and oxygen atoms in total. The molecular weight excluding hydrogens is 492 g/mol. The van der Waals surface area contributed by atoms with Gasteiger partial charge < -0.3 is 0 Å². The van der Waals surface area contributed by atoms with E-state index in [9.17, 15) is 13.2 Å². The zero-order chi connectivity index (χ0) is 26.5. The monoisotopic (exact) mass is 524 g/mol. The van der Waals surface area contributed by atoms with Gasteiger partial charge in [-0.25, -0.2) is 0 Å². The quantitative estimate of drug-likeness (QED) is 0.439. The minimum absolute atomic E-state index is 0.202. The maximum atomic E-state index is 13.4. The molecule has 2 heterocycles. The number of nitrogens with one attached hydrogen (secondary N) is 1. The Bertz CT molecular complexity index is 1340. The molecule has 1 amide bonds. The Morgan fingerprint density at radius 2 is 1.70 bits per heavy atom. The number of amides is 1. The number of hydrogen-bond acceptors (Lipinski definition) is 7. The van der Waals surface area contributed by atoms with Crippen molar-refractivity contribution in [3.63, 3.8) is 0 Å². The minimum Gasteiger partial charge on any atom is -0.294 e. The number of carbonyl (C=O) groups excluding carboxylic acids is 1. The number of nitrogens with zero attached hydrogens (tertiary/aromatic N) is 5. The molecule has 1 fully saturated rings. The van der Waals surface area contributed by atoms with Gasteiger partial charge in [0.15, 0.2) is 0 Å². The number of carbonyl (C=O) groups is 1. The molecule has 1 saturated carbocycles. The lowest BCUT2D eigenvalue weighted by Crippen LogP contribution is -2.40. The van der Waals surface area contributed by atoms with Gasteiger partial charge in [0.2, 0.25) is 5.82 Å². The van der Waals surface area contributed by atoms with Gasteiger partial charge in [-0.1, -0.05) is 74.7 Å². The Balaban J connectivity index is 0.000000586. The van der Waals surface area contributed by atoms with Gasteiger partial charge in [-0.15, -0.1) is 10.2 Å². The van der Waals surface area contributed by atoms with E-state index in [1.54, 1.807) is 0 Å². The van der Waals surface area contributed by atoms with Crippen molar-refractivity contribution in [2.75, 3.05) is 6.26 Å². The summed E-state index contributed by atoms with van der Waals surface area (Å²) in [5.74, 6) is 1.75. The second kappa shape index (κ2) is 11.3. The van der Waals surface area contributed by atoms with Crippen molar-refractivity contribution in [1.29, 1.82) is 0 Å². The number of tetrazole rings is 1. The smallest absolute Gasteiger partial charge is 0.261 e. The molecule has 2 aliphatic rings. The summed E-state index contributed by atoms with van der Waals surface area (Å²) in [6.45, 7) is 2.76. The fraction of sp³-hybridized carbons (Fsp3) is 0.423. The van der Waals surface area contributed by atoms with Crippen LogP contribution in [0.15, 0.2) is 53.5 Å². The Morgan fingerprint density at radius 1 is 1.05 bits per heavy atom. The second-order valence-corrected chi connectivity index (χ2v) is 10.9. The van der Waals surface area contributed by atoms with Gasteiger partial charge in [-0.05, 0) is 41.2 Å². The highest BCUT2D eigenvalue weighted by atomic mass is 32.2. The van der Waals surface area contributed by atoms with Crippen LogP contribution in [0.2, 0.25) is 0 Å². The van der Waals surface area contributed by atoms with E-state index in [-0.39, 0.29) is 5.91 Å². The number of aromatic nitrogens is 4. The molecule has 37 heavy (non-hydrogen) atoms. The van der Waals surface area contributed by atoms with E-state index in [4.69, 9.17) is 9.55 Å². The highest BCUT2D eigenvalue weighted by molar-refractivity contribution is 7.85. The summed E-state index contributed by atoms with van der Waals surface area (Å²) in [5, 5.41) is 14.5. The van der Waals surface area contributed by atoms with Gasteiger partial charge in [-0.3, -0.25) is 19.2 Å². The molecule has 1 aliphatic heterocycles. The lowest BCUT2D eigenvalue weighted by atomic mass is 9.97. The largest absolute Gasteiger partial charge is 0.294 e. The van der Waals surface area contributed by atoms with Crippen molar-refractivity contribution < 1.29 is 17.8 Å². The second-order valence-electron chi connectivity index (χ2n) is 9.47. The number of hydrogen-bond donors (Lipinski definition) is 2. The molecule has 0 atom stereocenters. The molecule has 1 spiro atoms. The van der Waals surface area contributed by atoms with Crippen molar-refractivity contribution >= 4 is 21.9 Å². The molecule has 11 heteroatoms. The van der Waals surface area contributed by atoms with Crippen molar-refractivity contribution in [1.82, 2.24) is 25.5 Å². The summed E-state index contributed by atoms with van der Waals surface area (Å²) < 4.78 is 25.9. The van der Waals surface area contributed by atoms with Crippen molar-refractivity contribution in [3.8, 4) is 22.5 Å². The molecule has 5 rings (SSSR count). The Hall–Kier alpha value is -3.44. The molecule has 1 aliphatic carbocycles. The zero-order valence-electron chi connectivity index (χ0n) is 21.1. The van der Waals surface area contributed by atoms with Crippen LogP contribution in [0.5, 0.6) is 0 Å². The van der Waals surface area contributed by atoms with Crippen LogP contribution >= 0.6 is 0 Å². The average molecular weight is 525 g/mol. The summed E-state index contributed by atoms with van der Waals surface area (Å²) in [6, 6.07) is 16.4. The Labute approximate surface area is 217 Å². The third-order valence-electron chi connectivity index (χ3n) is 6.60. The molecule has 0 unspecified atom stereocenters. The number of aliphatic imine (C=N–C) groups is 1. The fourth-order valence-electron chi connectivity index (χ4n) is 4.88. The molecule has 0 bridgehead atoms. The molecule has 2 aromatic carbocycles. The number of H-pyrrole nitrogens is 1. The van der Waals surface area contributed by atoms with E-state index < -0.39 is 15.7 Å². The van der Waals surface area contributed by atoms with Crippen LogP contribution < -0.4 is 0 Å². The number of benzene rings is 2. The van der Waals surface area contributed by atoms with Gasteiger partial charge in [0, 0.05) is 12.0 Å². The van der Waals surface area contributed by atoms with Crippen LogP contribution in [0.25, 0.3) is 22.5 Å². The van der Waals surface area contributed by atoms with E-state index in [1.165, 1.54) is 0 Å². The number of rotatable bonds is 7. The first-order valence-electron chi connectivity index (χ1n) is 12.5. The van der Waals surface area contributed by atoms with Crippen molar-refractivity contribution in [3.05, 3.63) is 54.1 Å². The van der Waals surface area contributed by atoms with Crippen LogP contribution in [0.4, 0.5) is 0 Å². The average Bonchev–Trinajstić information content (AvgIpc) is 3.62. The molecule has 2 N–H and O–H groups in total. The van der Waals surface area contributed by atoms with Crippen LogP contribution in [0.1, 0.15) is 57.4 Å². The third kappa shape index (κ3) is 6.47. The highest BCUT2D eigenvalue weighted by Gasteiger charge is 2.49. The summed E-state index contributed by atoms with van der Waals surface area (Å²) >= 11 is 0. The number of aromatic amines is 1. The summed E-state index contributed by atoms with van der Waals surface area (Å²) in [6.07, 6.45) is 7.73. The molecule has 0 radical (unpaired) electrons. The minimum atomic E-state index is -3.67. The SMILES string of the molecule is CCCCC1=NC2(CCCC2)C(=O)N1Cc1ccc(-c2ccccc2-c2nn[nH]n2)cc1.CS(=O)(=O)O. The molecule has 1 aromatic heterocycles. The van der Waals surface area contributed by atoms with E-state index in [0.717, 1.165) is 73.0 Å². The Kier molecular flexibility index (Phi) is 8.13. The number of amidine groups is 1. The summed E-state index contributed by atoms with van der Waals surface area (Å²) in [4.78, 5) is 20.3. The van der Waals surface area contributed by atoms with E-state index in [0.29, 0.717) is 18.6 Å². The topological polar surface area (TPSA) is 142 Å². The lowest BCUT2D eigenvalue weighted by Gasteiger charge is -2.23.